The second-order valence-electron chi connectivity index (χ2n) is 4.86. The van der Waals surface area contributed by atoms with Gasteiger partial charge in [0.2, 0.25) is 0 Å². The van der Waals surface area contributed by atoms with Crippen LogP contribution in [0, 0.1) is 19.8 Å². The lowest BCUT2D eigenvalue weighted by molar-refractivity contribution is 0.185. The molecule has 0 amide bonds. The Morgan fingerprint density at radius 1 is 1.25 bits per heavy atom. The Balaban J connectivity index is 1.80. The predicted octanol–water partition coefficient (Wildman–Crippen LogP) is 2.43. The van der Waals surface area contributed by atoms with Gasteiger partial charge in [-0.2, -0.15) is 0 Å². The molecule has 1 aliphatic rings. The van der Waals surface area contributed by atoms with Gasteiger partial charge in [-0.15, -0.1) is 0 Å². The van der Waals surface area contributed by atoms with Gasteiger partial charge in [-0.1, -0.05) is 29.3 Å². The Kier molecular flexibility index (Phi) is 3.97. The summed E-state index contributed by atoms with van der Waals surface area (Å²) >= 11 is 0. The number of aryl methyl sites for hydroxylation is 2. The summed E-state index contributed by atoms with van der Waals surface area (Å²) < 4.78 is 5.36. The molecule has 1 atom stereocenters. The van der Waals surface area contributed by atoms with Gasteiger partial charge >= 0.3 is 0 Å². The van der Waals surface area contributed by atoms with E-state index in [1.165, 1.54) is 23.1 Å². The lowest BCUT2D eigenvalue weighted by Gasteiger charge is -2.10. The SMILES string of the molecule is Cc1cc(C)cc(CNCC2CCOC2)c1. The molecule has 16 heavy (non-hydrogen) atoms. The molecule has 0 radical (unpaired) electrons. The van der Waals surface area contributed by atoms with Crippen molar-refractivity contribution in [1.29, 1.82) is 0 Å². The minimum atomic E-state index is 0.714. The van der Waals surface area contributed by atoms with E-state index >= 15 is 0 Å². The van der Waals surface area contributed by atoms with Crippen LogP contribution < -0.4 is 5.32 Å². The molecule has 0 bridgehead atoms. The summed E-state index contributed by atoms with van der Waals surface area (Å²) in [6.07, 6.45) is 1.21. The summed E-state index contributed by atoms with van der Waals surface area (Å²) in [6.45, 7) is 8.23. The number of benzene rings is 1. The second-order valence-corrected chi connectivity index (χ2v) is 4.86. The van der Waals surface area contributed by atoms with Crippen LogP contribution >= 0.6 is 0 Å². The van der Waals surface area contributed by atoms with E-state index in [2.05, 4.69) is 37.4 Å². The maximum Gasteiger partial charge on any atom is 0.0507 e. The summed E-state index contributed by atoms with van der Waals surface area (Å²) in [4.78, 5) is 0. The highest BCUT2D eigenvalue weighted by molar-refractivity contribution is 5.28. The maximum absolute atomic E-state index is 5.36. The molecule has 88 valence electrons. The molecule has 2 heteroatoms. The number of ether oxygens (including phenoxy) is 1. The highest BCUT2D eigenvalue weighted by Crippen LogP contribution is 2.12. The molecule has 1 aliphatic heterocycles. The smallest absolute Gasteiger partial charge is 0.0507 e. The van der Waals surface area contributed by atoms with E-state index in [9.17, 15) is 0 Å². The largest absolute Gasteiger partial charge is 0.381 e. The molecule has 0 aromatic heterocycles. The van der Waals surface area contributed by atoms with Gasteiger partial charge in [-0.25, -0.2) is 0 Å². The summed E-state index contributed by atoms with van der Waals surface area (Å²) in [6, 6.07) is 6.73. The van der Waals surface area contributed by atoms with Crippen molar-refractivity contribution in [2.75, 3.05) is 19.8 Å². The minimum absolute atomic E-state index is 0.714. The van der Waals surface area contributed by atoms with E-state index in [-0.39, 0.29) is 0 Å². The Hall–Kier alpha value is -0.860. The Bertz CT molecular complexity index is 322. The number of hydrogen-bond donors (Lipinski definition) is 1. The van der Waals surface area contributed by atoms with Gasteiger partial charge in [0.1, 0.15) is 0 Å². The predicted molar refractivity (Wildman–Crippen MR) is 66.5 cm³/mol. The van der Waals surface area contributed by atoms with Gasteiger partial charge in [-0.05, 0) is 31.7 Å². The van der Waals surface area contributed by atoms with Crippen molar-refractivity contribution in [3.05, 3.63) is 34.9 Å². The van der Waals surface area contributed by atoms with Crippen molar-refractivity contribution in [1.82, 2.24) is 5.32 Å². The van der Waals surface area contributed by atoms with Gasteiger partial charge in [-0.3, -0.25) is 0 Å². The molecule has 2 nitrogen and oxygen atoms in total. The van der Waals surface area contributed by atoms with Crippen molar-refractivity contribution >= 4 is 0 Å². The van der Waals surface area contributed by atoms with Gasteiger partial charge in [0.15, 0.2) is 0 Å². The summed E-state index contributed by atoms with van der Waals surface area (Å²) in [5, 5.41) is 3.52. The molecule has 2 rings (SSSR count). The highest BCUT2D eigenvalue weighted by atomic mass is 16.5. The van der Waals surface area contributed by atoms with Crippen molar-refractivity contribution in [2.45, 2.75) is 26.8 Å². The van der Waals surface area contributed by atoms with Gasteiger partial charge < -0.3 is 10.1 Å². The summed E-state index contributed by atoms with van der Waals surface area (Å²) in [7, 11) is 0. The zero-order valence-corrected chi connectivity index (χ0v) is 10.3. The number of hydrogen-bond acceptors (Lipinski definition) is 2. The van der Waals surface area contributed by atoms with Crippen LogP contribution in [0.1, 0.15) is 23.1 Å². The third-order valence-electron chi connectivity index (χ3n) is 3.07. The molecule has 1 aromatic rings. The lowest BCUT2D eigenvalue weighted by atomic mass is 10.1. The van der Waals surface area contributed by atoms with Crippen molar-refractivity contribution < 1.29 is 4.74 Å². The minimum Gasteiger partial charge on any atom is -0.381 e. The Labute approximate surface area is 98.0 Å². The molecule has 0 aliphatic carbocycles. The first kappa shape index (κ1) is 11.6. The molecule has 1 N–H and O–H groups in total. The van der Waals surface area contributed by atoms with E-state index in [1.807, 2.05) is 0 Å². The molecule has 0 saturated carbocycles. The van der Waals surface area contributed by atoms with Crippen LogP contribution in [0.25, 0.3) is 0 Å². The summed E-state index contributed by atoms with van der Waals surface area (Å²) in [5.41, 5.74) is 4.08. The monoisotopic (exact) mass is 219 g/mol. The zero-order valence-electron chi connectivity index (χ0n) is 10.3. The van der Waals surface area contributed by atoms with Crippen molar-refractivity contribution in [3.63, 3.8) is 0 Å². The first-order valence-corrected chi connectivity index (χ1v) is 6.09. The van der Waals surface area contributed by atoms with E-state index < -0.39 is 0 Å². The topological polar surface area (TPSA) is 21.3 Å². The van der Waals surface area contributed by atoms with Crippen LogP contribution in [-0.4, -0.2) is 19.8 Å². The van der Waals surface area contributed by atoms with Gasteiger partial charge in [0.25, 0.3) is 0 Å². The maximum atomic E-state index is 5.36. The average molecular weight is 219 g/mol. The van der Waals surface area contributed by atoms with Crippen LogP contribution in [0.2, 0.25) is 0 Å². The lowest BCUT2D eigenvalue weighted by Crippen LogP contribution is -2.22. The first-order chi connectivity index (χ1) is 7.74. The fourth-order valence-corrected chi connectivity index (χ4v) is 2.34. The first-order valence-electron chi connectivity index (χ1n) is 6.09. The second kappa shape index (κ2) is 5.46. The van der Waals surface area contributed by atoms with Crippen molar-refractivity contribution in [2.24, 2.45) is 5.92 Å². The summed E-state index contributed by atoms with van der Waals surface area (Å²) in [5.74, 6) is 0.714. The molecular weight excluding hydrogens is 198 g/mol. The molecule has 1 saturated heterocycles. The molecule has 1 unspecified atom stereocenters. The quantitative estimate of drug-likeness (QED) is 0.839. The van der Waals surface area contributed by atoms with E-state index in [1.54, 1.807) is 0 Å². The molecule has 1 aromatic carbocycles. The van der Waals surface area contributed by atoms with E-state index in [0.29, 0.717) is 5.92 Å². The normalized spacial score (nSPS) is 20.2. The fourth-order valence-electron chi connectivity index (χ4n) is 2.34. The van der Waals surface area contributed by atoms with E-state index in [0.717, 1.165) is 26.3 Å². The molecule has 1 heterocycles. The highest BCUT2D eigenvalue weighted by Gasteiger charge is 2.14. The standard InChI is InChI=1S/C14H21NO/c1-11-5-12(2)7-14(6-11)9-15-8-13-3-4-16-10-13/h5-7,13,15H,3-4,8-10H2,1-2H3. The number of nitrogens with one attached hydrogen (secondary N) is 1. The molecule has 1 fully saturated rings. The zero-order chi connectivity index (χ0) is 11.4. The van der Waals surface area contributed by atoms with Crippen LogP contribution in [0.4, 0.5) is 0 Å². The molecular formula is C14H21NO. The Morgan fingerprint density at radius 3 is 2.62 bits per heavy atom. The Morgan fingerprint density at radius 2 is 2.00 bits per heavy atom. The van der Waals surface area contributed by atoms with Crippen LogP contribution in [0.5, 0.6) is 0 Å². The average Bonchev–Trinajstić information content (AvgIpc) is 2.69. The van der Waals surface area contributed by atoms with Crippen LogP contribution in [0.3, 0.4) is 0 Å². The fraction of sp³-hybridized carbons (Fsp3) is 0.571. The van der Waals surface area contributed by atoms with Crippen LogP contribution in [0.15, 0.2) is 18.2 Å². The van der Waals surface area contributed by atoms with Gasteiger partial charge in [0.05, 0.1) is 6.61 Å². The third-order valence-corrected chi connectivity index (χ3v) is 3.07. The third kappa shape index (κ3) is 3.32. The van der Waals surface area contributed by atoms with Crippen LogP contribution in [-0.2, 0) is 11.3 Å². The number of rotatable bonds is 4. The molecule has 0 spiro atoms. The van der Waals surface area contributed by atoms with E-state index in [4.69, 9.17) is 4.74 Å². The van der Waals surface area contributed by atoms with Crippen molar-refractivity contribution in [3.8, 4) is 0 Å². The van der Waals surface area contributed by atoms with Gasteiger partial charge in [0, 0.05) is 19.7 Å².